The summed E-state index contributed by atoms with van der Waals surface area (Å²) >= 11 is 0. The van der Waals surface area contributed by atoms with Crippen LogP contribution in [0.4, 0.5) is 14.5 Å². The highest BCUT2D eigenvalue weighted by Crippen LogP contribution is 2.22. The van der Waals surface area contributed by atoms with Crippen molar-refractivity contribution in [3.63, 3.8) is 0 Å². The molecule has 1 aromatic carbocycles. The van der Waals surface area contributed by atoms with E-state index in [1.165, 1.54) is 24.9 Å². The van der Waals surface area contributed by atoms with E-state index < -0.39 is 17.5 Å². The smallest absolute Gasteiger partial charge is 0.248 e. The van der Waals surface area contributed by atoms with Crippen molar-refractivity contribution in [3.8, 4) is 5.75 Å². The van der Waals surface area contributed by atoms with Crippen molar-refractivity contribution in [3.05, 3.63) is 71.5 Å². The number of nitrogens with zero attached hydrogens (tertiary/aromatic N) is 2. The molecule has 150 valence electrons. The third kappa shape index (κ3) is 4.95. The van der Waals surface area contributed by atoms with E-state index in [9.17, 15) is 18.4 Å². The Hall–Kier alpha value is -3.75. The average molecular weight is 401 g/mol. The normalized spacial score (nSPS) is 11.0. The number of rotatable bonds is 7. The van der Waals surface area contributed by atoms with Crippen molar-refractivity contribution in [1.82, 2.24) is 9.78 Å². The maximum absolute atomic E-state index is 13.9. The molecule has 29 heavy (non-hydrogen) atoms. The van der Waals surface area contributed by atoms with Crippen LogP contribution >= 0.6 is 0 Å². The number of halogens is 2. The number of hydrogen-bond donors (Lipinski definition) is 1. The number of amides is 1. The molecule has 0 unspecified atom stereocenters. The summed E-state index contributed by atoms with van der Waals surface area (Å²) in [5.74, 6) is -1.60. The van der Waals surface area contributed by atoms with Crippen LogP contribution in [-0.2, 0) is 11.3 Å². The van der Waals surface area contributed by atoms with Crippen molar-refractivity contribution >= 4 is 23.5 Å². The fourth-order valence-corrected chi connectivity index (χ4v) is 2.50. The first-order valence-electron chi connectivity index (χ1n) is 8.50. The number of methoxy groups -OCH3 is 1. The number of aromatic nitrogens is 2. The highest BCUT2D eigenvalue weighted by Gasteiger charge is 2.10. The summed E-state index contributed by atoms with van der Waals surface area (Å²) in [4.78, 5) is 23.3. The third-order valence-electron chi connectivity index (χ3n) is 3.91. The lowest BCUT2D eigenvalue weighted by Gasteiger charge is -2.04. The minimum absolute atomic E-state index is 0.0896. The first-order valence-corrected chi connectivity index (χ1v) is 8.50. The van der Waals surface area contributed by atoms with Gasteiger partial charge < -0.3 is 14.5 Å². The van der Waals surface area contributed by atoms with Gasteiger partial charge in [-0.2, -0.15) is 5.10 Å². The molecule has 0 bridgehead atoms. The van der Waals surface area contributed by atoms with E-state index in [0.717, 1.165) is 24.3 Å². The van der Waals surface area contributed by atoms with Crippen LogP contribution in [0.2, 0.25) is 0 Å². The number of carbonyl (C=O) groups excluding carboxylic acids is 2. The van der Waals surface area contributed by atoms with Crippen molar-refractivity contribution in [1.29, 1.82) is 0 Å². The second-order valence-electron chi connectivity index (χ2n) is 6.08. The first-order chi connectivity index (χ1) is 13.9. The topological polar surface area (TPSA) is 86.4 Å². The molecule has 0 radical (unpaired) electrons. The Morgan fingerprint density at radius 2 is 2.07 bits per heavy atom. The summed E-state index contributed by atoms with van der Waals surface area (Å²) in [5.41, 5.74) is 0.313. The summed E-state index contributed by atoms with van der Waals surface area (Å²) in [6, 6.07) is 5.09. The van der Waals surface area contributed by atoms with E-state index in [2.05, 4.69) is 10.4 Å². The molecule has 0 fully saturated rings. The van der Waals surface area contributed by atoms with E-state index in [-0.39, 0.29) is 29.4 Å². The number of benzene rings is 1. The van der Waals surface area contributed by atoms with Gasteiger partial charge in [0.25, 0.3) is 0 Å². The maximum Gasteiger partial charge on any atom is 0.248 e. The minimum Gasteiger partial charge on any atom is -0.494 e. The zero-order chi connectivity index (χ0) is 21.0. The fraction of sp³-hybridized carbons (Fsp3) is 0.150. The van der Waals surface area contributed by atoms with E-state index in [1.54, 1.807) is 18.3 Å². The van der Waals surface area contributed by atoms with E-state index in [4.69, 9.17) is 9.15 Å². The maximum atomic E-state index is 13.9. The molecule has 3 rings (SSSR count). The summed E-state index contributed by atoms with van der Waals surface area (Å²) < 4.78 is 39.1. The molecule has 0 aliphatic heterocycles. The molecule has 0 spiro atoms. The van der Waals surface area contributed by atoms with Gasteiger partial charge in [0.15, 0.2) is 23.1 Å². The van der Waals surface area contributed by atoms with Crippen LogP contribution < -0.4 is 10.1 Å². The average Bonchev–Trinajstić information content (AvgIpc) is 3.32. The van der Waals surface area contributed by atoms with Crippen LogP contribution in [0, 0.1) is 11.6 Å². The largest absolute Gasteiger partial charge is 0.494 e. The Morgan fingerprint density at radius 1 is 1.28 bits per heavy atom. The van der Waals surface area contributed by atoms with Gasteiger partial charge in [0.05, 0.1) is 25.5 Å². The zero-order valence-corrected chi connectivity index (χ0v) is 15.6. The summed E-state index contributed by atoms with van der Waals surface area (Å²) in [7, 11) is 1.23. The lowest BCUT2D eigenvalue weighted by molar-refractivity contribution is -0.111. The number of furan rings is 1. The van der Waals surface area contributed by atoms with Crippen LogP contribution in [0.25, 0.3) is 6.08 Å². The predicted octanol–water partition coefficient (Wildman–Crippen LogP) is 3.67. The lowest BCUT2D eigenvalue weighted by atomic mass is 10.1. The van der Waals surface area contributed by atoms with Gasteiger partial charge >= 0.3 is 0 Å². The molecule has 0 aliphatic rings. The minimum atomic E-state index is -0.735. The zero-order valence-electron chi connectivity index (χ0n) is 15.6. The van der Waals surface area contributed by atoms with Crippen LogP contribution in [0.15, 0.2) is 47.2 Å². The molecule has 0 aliphatic carbocycles. The quantitative estimate of drug-likeness (QED) is 0.482. The fourth-order valence-electron chi connectivity index (χ4n) is 2.50. The number of anilines is 1. The molecule has 7 nitrogen and oxygen atoms in total. The van der Waals surface area contributed by atoms with Gasteiger partial charge in [-0.3, -0.25) is 14.3 Å². The van der Waals surface area contributed by atoms with Gasteiger partial charge in [0, 0.05) is 30.8 Å². The standard InChI is InChI=1S/C20H17F2N3O4/c1-12(26)18-5-4-15(29-18)11-25-10-14(9-23-25)24-20(27)6-3-13-7-17(22)19(28-2)8-16(13)21/h3-10H,11H2,1-2H3,(H,24,27)/b6-3+. The SMILES string of the molecule is COc1cc(F)c(/C=C/C(=O)Nc2cnn(Cc3ccc(C(C)=O)o3)c2)cc1F. The van der Waals surface area contributed by atoms with E-state index in [0.29, 0.717) is 11.4 Å². The van der Waals surface area contributed by atoms with Crippen molar-refractivity contribution in [2.45, 2.75) is 13.5 Å². The number of ether oxygens (including phenoxy) is 1. The Balaban J connectivity index is 1.62. The molecule has 2 heterocycles. The second kappa shape index (κ2) is 8.51. The molecule has 1 amide bonds. The Morgan fingerprint density at radius 3 is 2.76 bits per heavy atom. The third-order valence-corrected chi connectivity index (χ3v) is 3.91. The van der Waals surface area contributed by atoms with Crippen LogP contribution in [-0.4, -0.2) is 28.6 Å². The van der Waals surface area contributed by atoms with Gasteiger partial charge in [0.2, 0.25) is 5.91 Å². The summed E-state index contributed by atoms with van der Waals surface area (Å²) in [6.07, 6.45) is 5.22. The van der Waals surface area contributed by atoms with Gasteiger partial charge in [-0.25, -0.2) is 8.78 Å². The lowest BCUT2D eigenvalue weighted by Crippen LogP contribution is -2.07. The molecule has 0 atom stereocenters. The van der Waals surface area contributed by atoms with Crippen molar-refractivity contribution in [2.24, 2.45) is 0 Å². The van der Waals surface area contributed by atoms with Crippen molar-refractivity contribution in [2.75, 3.05) is 12.4 Å². The summed E-state index contributed by atoms with van der Waals surface area (Å²) in [6.45, 7) is 1.68. The molecule has 9 heteroatoms. The molecule has 0 saturated carbocycles. The Labute approximate surface area is 164 Å². The molecule has 2 aromatic heterocycles. The van der Waals surface area contributed by atoms with Gasteiger partial charge in [-0.05, 0) is 24.3 Å². The van der Waals surface area contributed by atoms with Gasteiger partial charge in [-0.1, -0.05) is 0 Å². The Bertz CT molecular complexity index is 1090. The second-order valence-corrected chi connectivity index (χ2v) is 6.08. The predicted molar refractivity (Wildman–Crippen MR) is 101 cm³/mol. The van der Waals surface area contributed by atoms with Crippen LogP contribution in [0.1, 0.15) is 28.8 Å². The monoisotopic (exact) mass is 401 g/mol. The number of carbonyl (C=O) groups is 2. The van der Waals surface area contributed by atoms with E-state index in [1.807, 2.05) is 0 Å². The van der Waals surface area contributed by atoms with Gasteiger partial charge in [-0.15, -0.1) is 0 Å². The highest BCUT2D eigenvalue weighted by atomic mass is 19.1. The molecule has 1 N–H and O–H groups in total. The highest BCUT2D eigenvalue weighted by molar-refractivity contribution is 6.01. The first kappa shape index (κ1) is 20.0. The van der Waals surface area contributed by atoms with Crippen LogP contribution in [0.5, 0.6) is 5.75 Å². The molecule has 0 saturated heterocycles. The number of ketones is 1. The molecular formula is C20H17F2N3O4. The molecule has 3 aromatic rings. The number of hydrogen-bond acceptors (Lipinski definition) is 5. The Kier molecular flexibility index (Phi) is 5.87. The number of nitrogens with one attached hydrogen (secondary N) is 1. The summed E-state index contributed by atoms with van der Waals surface area (Å²) in [5, 5.41) is 6.65. The van der Waals surface area contributed by atoms with Crippen LogP contribution in [0.3, 0.4) is 0 Å². The molecular weight excluding hydrogens is 384 g/mol. The van der Waals surface area contributed by atoms with Gasteiger partial charge in [0.1, 0.15) is 11.6 Å². The van der Waals surface area contributed by atoms with E-state index >= 15 is 0 Å². The number of Topliss-reactive ketones (excluding diaryl/α,β-unsaturated/α-hetero) is 1. The van der Waals surface area contributed by atoms with Crippen molar-refractivity contribution < 1.29 is 27.5 Å².